The summed E-state index contributed by atoms with van der Waals surface area (Å²) >= 11 is 1.38. The minimum Gasteiger partial charge on any atom is -0.311 e. The molecule has 0 spiro atoms. The van der Waals surface area contributed by atoms with Gasteiger partial charge in [-0.3, -0.25) is 14.9 Å². The number of pyridine rings is 1. The van der Waals surface area contributed by atoms with Gasteiger partial charge in [-0.1, -0.05) is 17.7 Å². The fourth-order valence-corrected chi connectivity index (χ4v) is 3.72. The normalized spacial score (nSPS) is 10.5. The second kappa shape index (κ2) is 7.67. The zero-order valence-corrected chi connectivity index (χ0v) is 16.4. The first-order chi connectivity index (χ1) is 12.8. The van der Waals surface area contributed by atoms with Crippen LogP contribution in [0.2, 0.25) is 0 Å². The van der Waals surface area contributed by atoms with E-state index in [1.54, 1.807) is 6.07 Å². The Bertz CT molecular complexity index is 1000. The molecular weight excluding hydrogens is 360 g/mol. The largest absolute Gasteiger partial charge is 0.311 e. The lowest BCUT2D eigenvalue weighted by Gasteiger charge is -2.08. The van der Waals surface area contributed by atoms with Gasteiger partial charge in [-0.15, -0.1) is 11.3 Å². The van der Waals surface area contributed by atoms with Gasteiger partial charge in [0.25, 0.3) is 5.91 Å². The van der Waals surface area contributed by atoms with Gasteiger partial charge in [0, 0.05) is 29.6 Å². The summed E-state index contributed by atoms with van der Waals surface area (Å²) in [5.41, 5.74) is 5.86. The van der Waals surface area contributed by atoms with Crippen LogP contribution >= 0.6 is 11.3 Å². The van der Waals surface area contributed by atoms with Crippen LogP contribution in [0, 0.1) is 20.8 Å². The van der Waals surface area contributed by atoms with Gasteiger partial charge in [0.2, 0.25) is 5.91 Å². The van der Waals surface area contributed by atoms with Gasteiger partial charge >= 0.3 is 0 Å². The van der Waals surface area contributed by atoms with E-state index >= 15 is 0 Å². The van der Waals surface area contributed by atoms with Gasteiger partial charge in [0.1, 0.15) is 5.82 Å². The third-order valence-electron chi connectivity index (χ3n) is 3.98. The summed E-state index contributed by atoms with van der Waals surface area (Å²) in [6, 6.07) is 7.36. The maximum absolute atomic E-state index is 12.5. The smallest absolute Gasteiger partial charge is 0.257 e. The highest BCUT2D eigenvalue weighted by Crippen LogP contribution is 2.31. The molecule has 3 rings (SSSR count). The monoisotopic (exact) mass is 380 g/mol. The number of benzene rings is 1. The van der Waals surface area contributed by atoms with Crippen molar-refractivity contribution in [2.45, 2.75) is 27.7 Å². The van der Waals surface area contributed by atoms with Crippen LogP contribution < -0.4 is 10.6 Å². The van der Waals surface area contributed by atoms with E-state index in [1.165, 1.54) is 36.1 Å². The number of aromatic nitrogens is 2. The molecule has 6 nitrogen and oxygen atoms in total. The van der Waals surface area contributed by atoms with Crippen LogP contribution in [0.4, 0.5) is 10.9 Å². The van der Waals surface area contributed by atoms with E-state index in [0.717, 1.165) is 22.4 Å². The van der Waals surface area contributed by atoms with Crippen LogP contribution in [0.5, 0.6) is 0 Å². The number of thiazole rings is 1. The van der Waals surface area contributed by atoms with Gasteiger partial charge in [0.15, 0.2) is 5.13 Å². The number of amides is 2. The van der Waals surface area contributed by atoms with Gasteiger partial charge < -0.3 is 5.32 Å². The second-order valence-corrected chi connectivity index (χ2v) is 7.23. The number of rotatable bonds is 4. The zero-order chi connectivity index (χ0) is 19.6. The SMILES string of the molecule is CC(=O)Nc1cc(C(=O)Nc2nc(-c3c(C)cc(C)cc3C)cs2)ccn1. The molecule has 0 saturated carbocycles. The summed E-state index contributed by atoms with van der Waals surface area (Å²) in [6.07, 6.45) is 1.48. The second-order valence-electron chi connectivity index (χ2n) is 6.38. The maximum atomic E-state index is 12.5. The Balaban J connectivity index is 1.80. The number of carbonyl (C=O) groups excluding carboxylic acids is 2. The highest BCUT2D eigenvalue weighted by Gasteiger charge is 2.14. The van der Waals surface area contributed by atoms with E-state index in [9.17, 15) is 9.59 Å². The number of aryl methyl sites for hydroxylation is 3. The quantitative estimate of drug-likeness (QED) is 0.705. The van der Waals surface area contributed by atoms with Gasteiger partial charge in [-0.25, -0.2) is 9.97 Å². The molecule has 0 fully saturated rings. The molecular formula is C20H20N4O2S. The van der Waals surface area contributed by atoms with Crippen molar-refractivity contribution in [1.29, 1.82) is 0 Å². The molecule has 0 saturated heterocycles. The average molecular weight is 380 g/mol. The molecule has 0 aliphatic rings. The number of nitrogens with one attached hydrogen (secondary N) is 2. The number of carbonyl (C=O) groups is 2. The van der Waals surface area contributed by atoms with Crippen molar-refractivity contribution < 1.29 is 9.59 Å². The molecule has 2 aromatic heterocycles. The van der Waals surface area contributed by atoms with Crippen molar-refractivity contribution in [1.82, 2.24) is 9.97 Å². The fourth-order valence-electron chi connectivity index (χ4n) is 3.02. The van der Waals surface area contributed by atoms with Gasteiger partial charge in [-0.2, -0.15) is 0 Å². The summed E-state index contributed by atoms with van der Waals surface area (Å²) in [4.78, 5) is 32.2. The third-order valence-corrected chi connectivity index (χ3v) is 4.74. The molecule has 3 aromatic rings. The van der Waals surface area contributed by atoms with E-state index in [0.29, 0.717) is 16.5 Å². The van der Waals surface area contributed by atoms with Crippen LogP contribution in [0.15, 0.2) is 35.8 Å². The summed E-state index contributed by atoms with van der Waals surface area (Å²) in [7, 11) is 0. The Labute approximate surface area is 161 Å². The first-order valence-electron chi connectivity index (χ1n) is 8.42. The summed E-state index contributed by atoms with van der Waals surface area (Å²) in [5.74, 6) is -0.211. The minimum absolute atomic E-state index is 0.242. The first-order valence-corrected chi connectivity index (χ1v) is 9.30. The van der Waals surface area contributed by atoms with Crippen molar-refractivity contribution in [3.05, 3.63) is 58.1 Å². The van der Waals surface area contributed by atoms with Crippen LogP contribution in [0.1, 0.15) is 34.0 Å². The highest BCUT2D eigenvalue weighted by molar-refractivity contribution is 7.14. The Morgan fingerprint density at radius 3 is 2.41 bits per heavy atom. The maximum Gasteiger partial charge on any atom is 0.257 e. The number of hydrogen-bond acceptors (Lipinski definition) is 5. The summed E-state index contributed by atoms with van der Waals surface area (Å²) in [5, 5.41) is 7.83. The van der Waals surface area contributed by atoms with Crippen molar-refractivity contribution in [3.8, 4) is 11.3 Å². The Kier molecular flexibility index (Phi) is 5.32. The number of nitrogens with zero attached hydrogens (tertiary/aromatic N) is 2. The zero-order valence-electron chi connectivity index (χ0n) is 15.6. The van der Waals surface area contributed by atoms with E-state index in [4.69, 9.17) is 0 Å². The molecule has 0 atom stereocenters. The number of anilines is 2. The predicted molar refractivity (Wildman–Crippen MR) is 108 cm³/mol. The molecule has 0 unspecified atom stereocenters. The third kappa shape index (κ3) is 4.38. The standard InChI is InChI=1S/C20H20N4O2S/c1-11-7-12(2)18(13(3)8-11)16-10-27-20(23-16)24-19(26)15-5-6-21-17(9-15)22-14(4)25/h5-10H,1-4H3,(H,21,22,25)(H,23,24,26). The van der Waals surface area contributed by atoms with Crippen LogP contribution in [0.25, 0.3) is 11.3 Å². The summed E-state index contributed by atoms with van der Waals surface area (Å²) < 4.78 is 0. The van der Waals surface area contributed by atoms with Crippen molar-refractivity contribution in [2.75, 3.05) is 10.6 Å². The van der Waals surface area contributed by atoms with Crippen LogP contribution in [0.3, 0.4) is 0 Å². The lowest BCUT2D eigenvalue weighted by molar-refractivity contribution is -0.114. The van der Waals surface area contributed by atoms with E-state index in [2.05, 4.69) is 53.5 Å². The van der Waals surface area contributed by atoms with Crippen molar-refractivity contribution >= 4 is 34.1 Å². The van der Waals surface area contributed by atoms with Crippen molar-refractivity contribution in [3.63, 3.8) is 0 Å². The highest BCUT2D eigenvalue weighted by atomic mass is 32.1. The predicted octanol–water partition coefficient (Wildman–Crippen LogP) is 4.34. The summed E-state index contributed by atoms with van der Waals surface area (Å²) in [6.45, 7) is 7.59. The molecule has 2 N–H and O–H groups in total. The first kappa shape index (κ1) is 18.7. The average Bonchev–Trinajstić information content (AvgIpc) is 3.01. The van der Waals surface area contributed by atoms with Gasteiger partial charge in [-0.05, 0) is 44.0 Å². The van der Waals surface area contributed by atoms with E-state index < -0.39 is 0 Å². The van der Waals surface area contributed by atoms with Gasteiger partial charge in [0.05, 0.1) is 5.69 Å². The lowest BCUT2D eigenvalue weighted by atomic mass is 9.98. The minimum atomic E-state index is -0.303. The van der Waals surface area contributed by atoms with E-state index in [-0.39, 0.29) is 11.8 Å². The van der Waals surface area contributed by atoms with E-state index in [1.807, 2.05) is 5.38 Å². The van der Waals surface area contributed by atoms with Crippen LogP contribution in [-0.2, 0) is 4.79 Å². The molecule has 27 heavy (non-hydrogen) atoms. The number of hydrogen-bond donors (Lipinski definition) is 2. The topological polar surface area (TPSA) is 84.0 Å². The van der Waals surface area contributed by atoms with Crippen molar-refractivity contribution in [2.24, 2.45) is 0 Å². The molecule has 0 aliphatic carbocycles. The Morgan fingerprint density at radius 2 is 1.74 bits per heavy atom. The Morgan fingerprint density at radius 1 is 1.04 bits per heavy atom. The Hall–Kier alpha value is -3.06. The molecule has 2 heterocycles. The molecule has 7 heteroatoms. The fraction of sp³-hybridized carbons (Fsp3) is 0.200. The molecule has 0 bridgehead atoms. The molecule has 0 aliphatic heterocycles. The molecule has 1 aromatic carbocycles. The molecule has 2 amide bonds. The molecule has 0 radical (unpaired) electrons. The lowest BCUT2D eigenvalue weighted by Crippen LogP contribution is -2.13. The van der Waals surface area contributed by atoms with Crippen LogP contribution in [-0.4, -0.2) is 21.8 Å². The molecule has 138 valence electrons.